The van der Waals surface area contributed by atoms with E-state index < -0.39 is 0 Å². The molecule has 3 atom stereocenters. The molecule has 0 amide bonds. The van der Waals surface area contributed by atoms with Crippen LogP contribution in [0.15, 0.2) is 0 Å². The third kappa shape index (κ3) is 3.01. The molecule has 0 saturated carbocycles. The fraction of sp³-hybridized carbons (Fsp3) is 0.833. The Hall–Kier alpha value is -0.520. The Morgan fingerprint density at radius 3 is 2.86 bits per heavy atom. The van der Waals surface area contributed by atoms with Gasteiger partial charge in [0.1, 0.15) is 0 Å². The van der Waals surface area contributed by atoms with Crippen LogP contribution in [0, 0.1) is 17.8 Å². The zero-order chi connectivity index (χ0) is 10.4. The quantitative estimate of drug-likeness (QED) is 0.691. The van der Waals surface area contributed by atoms with Crippen molar-refractivity contribution in [3.05, 3.63) is 0 Å². The van der Waals surface area contributed by atoms with Crippen molar-refractivity contribution in [3.8, 4) is 11.8 Å². The molecule has 1 aliphatic rings. The second kappa shape index (κ2) is 6.06. The summed E-state index contributed by atoms with van der Waals surface area (Å²) in [5, 5.41) is 3.39. The maximum Gasteiger partial charge on any atom is 0.0590 e. The fourth-order valence-electron chi connectivity index (χ4n) is 2.20. The van der Waals surface area contributed by atoms with Gasteiger partial charge in [0.25, 0.3) is 0 Å². The summed E-state index contributed by atoms with van der Waals surface area (Å²) in [6.07, 6.45) is 3.72. The molecule has 0 aromatic heterocycles. The SMILES string of the molecule is CC#CCCC(NC)C1CCOC1C. The highest BCUT2D eigenvalue weighted by molar-refractivity contribution is 4.96. The normalized spacial score (nSPS) is 28.2. The van der Waals surface area contributed by atoms with Gasteiger partial charge in [-0.05, 0) is 33.7 Å². The van der Waals surface area contributed by atoms with E-state index in [1.807, 2.05) is 14.0 Å². The lowest BCUT2D eigenvalue weighted by atomic mass is 9.90. The monoisotopic (exact) mass is 195 g/mol. The van der Waals surface area contributed by atoms with Gasteiger partial charge in [-0.1, -0.05) is 0 Å². The molecule has 1 N–H and O–H groups in total. The van der Waals surface area contributed by atoms with E-state index in [0.29, 0.717) is 18.1 Å². The standard InChI is InChI=1S/C12H21NO/c1-4-5-6-7-12(13-3)11-8-9-14-10(11)2/h10-13H,6-9H2,1-3H3. The van der Waals surface area contributed by atoms with Gasteiger partial charge < -0.3 is 10.1 Å². The number of hydrogen-bond acceptors (Lipinski definition) is 2. The maximum atomic E-state index is 5.58. The van der Waals surface area contributed by atoms with E-state index in [2.05, 4.69) is 24.1 Å². The lowest BCUT2D eigenvalue weighted by molar-refractivity contribution is 0.0954. The summed E-state index contributed by atoms with van der Waals surface area (Å²) in [5.74, 6) is 6.73. The largest absolute Gasteiger partial charge is 0.378 e. The molecule has 3 unspecified atom stereocenters. The third-order valence-corrected chi connectivity index (χ3v) is 3.08. The molecule has 80 valence electrons. The Morgan fingerprint density at radius 1 is 1.57 bits per heavy atom. The second-order valence-corrected chi connectivity index (χ2v) is 3.89. The van der Waals surface area contributed by atoms with E-state index in [4.69, 9.17) is 4.74 Å². The highest BCUT2D eigenvalue weighted by atomic mass is 16.5. The zero-order valence-corrected chi connectivity index (χ0v) is 9.47. The number of rotatable bonds is 4. The Balaban J connectivity index is 2.38. The molecular weight excluding hydrogens is 174 g/mol. The molecule has 0 radical (unpaired) electrons. The van der Waals surface area contributed by atoms with Crippen LogP contribution in [0.2, 0.25) is 0 Å². The van der Waals surface area contributed by atoms with E-state index in [1.54, 1.807) is 0 Å². The van der Waals surface area contributed by atoms with E-state index in [1.165, 1.54) is 6.42 Å². The van der Waals surface area contributed by atoms with Gasteiger partial charge in [-0.3, -0.25) is 0 Å². The summed E-state index contributed by atoms with van der Waals surface area (Å²) in [7, 11) is 2.04. The Morgan fingerprint density at radius 2 is 2.36 bits per heavy atom. The molecule has 0 spiro atoms. The number of nitrogens with one attached hydrogen (secondary N) is 1. The Labute approximate surface area is 87.4 Å². The van der Waals surface area contributed by atoms with E-state index in [0.717, 1.165) is 19.4 Å². The topological polar surface area (TPSA) is 21.3 Å². The van der Waals surface area contributed by atoms with E-state index >= 15 is 0 Å². The molecule has 1 aliphatic heterocycles. The van der Waals surface area contributed by atoms with Gasteiger partial charge in [0, 0.05) is 25.0 Å². The highest BCUT2D eigenvalue weighted by Crippen LogP contribution is 2.25. The molecule has 1 saturated heterocycles. The van der Waals surface area contributed by atoms with Gasteiger partial charge in [-0.2, -0.15) is 0 Å². The Bertz CT molecular complexity index is 216. The summed E-state index contributed by atoms with van der Waals surface area (Å²) in [4.78, 5) is 0. The van der Waals surface area contributed by atoms with Crippen molar-refractivity contribution in [3.63, 3.8) is 0 Å². The molecule has 1 heterocycles. The lowest BCUT2D eigenvalue weighted by Gasteiger charge is -2.24. The van der Waals surface area contributed by atoms with E-state index in [9.17, 15) is 0 Å². The van der Waals surface area contributed by atoms with Crippen molar-refractivity contribution in [2.24, 2.45) is 5.92 Å². The fourth-order valence-corrected chi connectivity index (χ4v) is 2.20. The van der Waals surface area contributed by atoms with Crippen LogP contribution in [0.5, 0.6) is 0 Å². The summed E-state index contributed by atoms with van der Waals surface area (Å²) in [5.41, 5.74) is 0. The van der Waals surface area contributed by atoms with Gasteiger partial charge in [0.15, 0.2) is 0 Å². The van der Waals surface area contributed by atoms with Crippen molar-refractivity contribution >= 4 is 0 Å². The van der Waals surface area contributed by atoms with Crippen LogP contribution in [-0.4, -0.2) is 25.8 Å². The smallest absolute Gasteiger partial charge is 0.0590 e. The van der Waals surface area contributed by atoms with Gasteiger partial charge in [-0.15, -0.1) is 11.8 Å². The van der Waals surface area contributed by atoms with E-state index in [-0.39, 0.29) is 0 Å². The van der Waals surface area contributed by atoms with Crippen LogP contribution in [0.4, 0.5) is 0 Å². The summed E-state index contributed by atoms with van der Waals surface area (Å²) in [6.45, 7) is 4.99. The predicted molar refractivity (Wildman–Crippen MR) is 59.1 cm³/mol. The molecule has 2 heteroatoms. The molecule has 2 nitrogen and oxygen atoms in total. The molecule has 1 fully saturated rings. The van der Waals surface area contributed by atoms with Gasteiger partial charge in [-0.25, -0.2) is 0 Å². The maximum absolute atomic E-state index is 5.58. The molecular formula is C12H21NO. The average molecular weight is 195 g/mol. The minimum Gasteiger partial charge on any atom is -0.378 e. The van der Waals surface area contributed by atoms with Crippen molar-refractivity contribution in [2.45, 2.75) is 45.3 Å². The van der Waals surface area contributed by atoms with Crippen molar-refractivity contribution in [1.29, 1.82) is 0 Å². The van der Waals surface area contributed by atoms with Crippen molar-refractivity contribution in [1.82, 2.24) is 5.32 Å². The summed E-state index contributed by atoms with van der Waals surface area (Å²) >= 11 is 0. The highest BCUT2D eigenvalue weighted by Gasteiger charge is 2.30. The molecule has 1 rings (SSSR count). The first kappa shape index (κ1) is 11.6. The Kier molecular flexibility index (Phi) is 5.00. The number of ether oxygens (including phenoxy) is 1. The first-order valence-electron chi connectivity index (χ1n) is 5.48. The summed E-state index contributed by atoms with van der Waals surface area (Å²) in [6, 6.07) is 0.563. The first-order valence-corrected chi connectivity index (χ1v) is 5.48. The van der Waals surface area contributed by atoms with Crippen LogP contribution < -0.4 is 5.32 Å². The van der Waals surface area contributed by atoms with Gasteiger partial charge in [0.05, 0.1) is 6.10 Å². The minimum absolute atomic E-state index is 0.405. The van der Waals surface area contributed by atoms with Crippen molar-refractivity contribution < 1.29 is 4.74 Å². The number of hydrogen-bond donors (Lipinski definition) is 1. The zero-order valence-electron chi connectivity index (χ0n) is 9.47. The molecule has 0 aromatic carbocycles. The third-order valence-electron chi connectivity index (χ3n) is 3.08. The van der Waals surface area contributed by atoms with Crippen LogP contribution >= 0.6 is 0 Å². The lowest BCUT2D eigenvalue weighted by Crippen LogP contribution is -2.36. The second-order valence-electron chi connectivity index (χ2n) is 3.89. The molecule has 0 aromatic rings. The molecule has 0 bridgehead atoms. The first-order chi connectivity index (χ1) is 6.79. The van der Waals surface area contributed by atoms with Crippen molar-refractivity contribution in [2.75, 3.05) is 13.7 Å². The molecule has 14 heavy (non-hydrogen) atoms. The minimum atomic E-state index is 0.405. The average Bonchev–Trinajstić information content (AvgIpc) is 2.60. The van der Waals surface area contributed by atoms with Gasteiger partial charge in [0.2, 0.25) is 0 Å². The predicted octanol–water partition coefficient (Wildman–Crippen LogP) is 1.80. The van der Waals surface area contributed by atoms with Crippen LogP contribution in [-0.2, 0) is 4.74 Å². The summed E-state index contributed by atoms with van der Waals surface area (Å²) < 4.78 is 5.58. The van der Waals surface area contributed by atoms with Gasteiger partial charge >= 0.3 is 0 Å². The van der Waals surface area contributed by atoms with Crippen LogP contribution in [0.3, 0.4) is 0 Å². The molecule has 0 aliphatic carbocycles. The van der Waals surface area contributed by atoms with Crippen LogP contribution in [0.25, 0.3) is 0 Å². The van der Waals surface area contributed by atoms with Crippen LogP contribution in [0.1, 0.15) is 33.1 Å².